The van der Waals surface area contributed by atoms with Crippen molar-refractivity contribution >= 4 is 22.7 Å². The molecule has 2 aromatic heterocycles. The number of fused-ring (bicyclic) bond motifs is 3. The van der Waals surface area contributed by atoms with E-state index in [1.54, 1.807) is 11.1 Å². The molecule has 0 unspecified atom stereocenters. The number of hydrogen-bond donors (Lipinski definition) is 0. The molecule has 0 saturated carbocycles. The number of thiophene rings is 2. The third-order valence-electron chi connectivity index (χ3n) is 8.32. The molecule has 0 nitrogen and oxygen atoms in total. The molecule has 5 rings (SSSR count). The molecule has 0 atom stereocenters. The molecule has 4 aromatic rings. The highest BCUT2D eigenvalue weighted by molar-refractivity contribution is 7.15. The Morgan fingerprint density at radius 2 is 1.00 bits per heavy atom. The second-order valence-corrected chi connectivity index (χ2v) is 13.6. The van der Waals surface area contributed by atoms with Gasteiger partial charge in [-0.2, -0.15) is 0 Å². The zero-order valence-electron chi connectivity index (χ0n) is 23.2. The van der Waals surface area contributed by atoms with E-state index in [0.29, 0.717) is 0 Å². The van der Waals surface area contributed by atoms with Crippen molar-refractivity contribution in [3.63, 3.8) is 0 Å². The first-order valence-electron chi connectivity index (χ1n) is 14.5. The predicted molar refractivity (Wildman–Crippen MR) is 166 cm³/mol. The highest BCUT2D eigenvalue weighted by Gasteiger charge is 2.42. The van der Waals surface area contributed by atoms with E-state index in [9.17, 15) is 0 Å². The van der Waals surface area contributed by atoms with E-state index >= 15 is 0 Å². The highest BCUT2D eigenvalue weighted by atomic mass is 32.1. The quantitative estimate of drug-likeness (QED) is 0.161. The molecule has 2 heteroatoms. The molecule has 0 radical (unpaired) electrons. The molecule has 0 fully saturated rings. The minimum Gasteiger partial charge on any atom is -0.141 e. The summed E-state index contributed by atoms with van der Waals surface area (Å²) in [6, 6.07) is 23.9. The van der Waals surface area contributed by atoms with Crippen molar-refractivity contribution in [2.75, 3.05) is 0 Å². The molecule has 0 bridgehead atoms. The first-order valence-corrected chi connectivity index (χ1v) is 16.1. The number of hydrogen-bond acceptors (Lipinski definition) is 2. The summed E-state index contributed by atoms with van der Waals surface area (Å²) in [5, 5.41) is 0. The van der Waals surface area contributed by atoms with Crippen LogP contribution in [0.4, 0.5) is 0 Å². The minimum absolute atomic E-state index is 0.122. The van der Waals surface area contributed by atoms with E-state index in [2.05, 4.69) is 88.4 Å². The van der Waals surface area contributed by atoms with E-state index in [-0.39, 0.29) is 5.41 Å². The maximum Gasteiger partial charge on any atom is 0.0345 e. The second-order valence-electron chi connectivity index (χ2n) is 11.0. The molecule has 2 aromatic carbocycles. The maximum absolute atomic E-state index is 2.58. The van der Waals surface area contributed by atoms with E-state index in [0.717, 1.165) is 0 Å². The zero-order valence-corrected chi connectivity index (χ0v) is 24.8. The van der Waals surface area contributed by atoms with Gasteiger partial charge in [0.25, 0.3) is 0 Å². The Morgan fingerprint density at radius 3 is 1.38 bits per heavy atom. The summed E-state index contributed by atoms with van der Waals surface area (Å²) in [4.78, 5) is 5.58. The van der Waals surface area contributed by atoms with Gasteiger partial charge in [-0.05, 0) is 96.5 Å². The summed E-state index contributed by atoms with van der Waals surface area (Å²) in [6.45, 7) is 9.09. The van der Waals surface area contributed by atoms with Crippen molar-refractivity contribution in [3.05, 3.63) is 81.5 Å². The SMILES string of the molecule is CCCCCCC1(CCCCCC)c2cc(-c3ccc(C)s3)ccc2-c2ccc(-c3ccc(C)s3)cc21. The standard InChI is InChI=1S/C35H42S2/c1-5-7-9-11-21-35(22-12-10-8-6-2)31-23-27(33-19-13-25(3)36-33)15-17-29(31)30-18-16-28(24-32(30)35)34-20-14-26(4)37-34/h13-20,23-24H,5-12,21-22H2,1-4H3. The van der Waals surface area contributed by atoms with Crippen LogP contribution in [-0.4, -0.2) is 0 Å². The van der Waals surface area contributed by atoms with Gasteiger partial charge in [-0.15, -0.1) is 22.7 Å². The van der Waals surface area contributed by atoms with Gasteiger partial charge in [-0.1, -0.05) is 89.5 Å². The van der Waals surface area contributed by atoms with Crippen LogP contribution < -0.4 is 0 Å². The summed E-state index contributed by atoms with van der Waals surface area (Å²) in [6.07, 6.45) is 13.1. The summed E-state index contributed by atoms with van der Waals surface area (Å²) in [5.41, 5.74) is 9.06. The molecule has 194 valence electrons. The van der Waals surface area contributed by atoms with Crippen molar-refractivity contribution in [2.45, 2.75) is 97.3 Å². The van der Waals surface area contributed by atoms with Crippen LogP contribution in [-0.2, 0) is 5.41 Å². The lowest BCUT2D eigenvalue weighted by molar-refractivity contribution is 0.401. The van der Waals surface area contributed by atoms with Gasteiger partial charge in [0.05, 0.1) is 0 Å². The Balaban J connectivity index is 1.64. The first kappa shape index (κ1) is 26.4. The van der Waals surface area contributed by atoms with Crippen LogP contribution in [0.2, 0.25) is 0 Å². The van der Waals surface area contributed by atoms with Gasteiger partial charge in [-0.25, -0.2) is 0 Å². The largest absolute Gasteiger partial charge is 0.141 e. The van der Waals surface area contributed by atoms with Crippen LogP contribution in [0.25, 0.3) is 32.0 Å². The Hall–Kier alpha value is -2.16. The first-order chi connectivity index (χ1) is 18.1. The van der Waals surface area contributed by atoms with Crippen LogP contribution in [0.5, 0.6) is 0 Å². The third-order valence-corrected chi connectivity index (χ3v) is 10.4. The van der Waals surface area contributed by atoms with Crippen LogP contribution in [0.1, 0.15) is 98.9 Å². The lowest BCUT2D eigenvalue weighted by atomic mass is 9.70. The smallest absolute Gasteiger partial charge is 0.0345 e. The second kappa shape index (κ2) is 11.7. The number of rotatable bonds is 12. The Bertz CT molecular complexity index is 1230. The fourth-order valence-corrected chi connectivity index (χ4v) is 8.08. The molecule has 1 aliphatic rings. The Morgan fingerprint density at radius 1 is 0.541 bits per heavy atom. The predicted octanol–water partition coefficient (Wildman–Crippen LogP) is 12.0. The summed E-state index contributed by atoms with van der Waals surface area (Å²) in [7, 11) is 0. The van der Waals surface area contributed by atoms with Gasteiger partial charge in [0.2, 0.25) is 0 Å². The zero-order chi connectivity index (χ0) is 25.8. The molecular formula is C35H42S2. The highest BCUT2D eigenvalue weighted by Crippen LogP contribution is 2.56. The fraction of sp³-hybridized carbons (Fsp3) is 0.429. The average Bonchev–Trinajstić information content (AvgIpc) is 3.61. The van der Waals surface area contributed by atoms with Crippen LogP contribution in [0, 0.1) is 13.8 Å². The lowest BCUT2D eigenvalue weighted by Gasteiger charge is -2.33. The molecule has 37 heavy (non-hydrogen) atoms. The van der Waals surface area contributed by atoms with Crippen LogP contribution in [0.15, 0.2) is 60.7 Å². The fourth-order valence-electron chi connectivity index (χ4n) is 6.35. The van der Waals surface area contributed by atoms with Gasteiger partial charge < -0.3 is 0 Å². The van der Waals surface area contributed by atoms with Crippen molar-refractivity contribution in [3.8, 4) is 32.0 Å². The Labute approximate surface area is 232 Å². The van der Waals surface area contributed by atoms with Crippen molar-refractivity contribution in [1.29, 1.82) is 0 Å². The molecule has 0 spiro atoms. The summed E-state index contributed by atoms with van der Waals surface area (Å²) in [5.74, 6) is 0. The number of aryl methyl sites for hydroxylation is 2. The monoisotopic (exact) mass is 526 g/mol. The average molecular weight is 527 g/mol. The summed E-state index contributed by atoms with van der Waals surface area (Å²) < 4.78 is 0. The molecule has 0 aliphatic heterocycles. The number of benzene rings is 2. The van der Waals surface area contributed by atoms with E-state index in [4.69, 9.17) is 0 Å². The van der Waals surface area contributed by atoms with Gasteiger partial charge in [0.1, 0.15) is 0 Å². The molecule has 0 amide bonds. The van der Waals surface area contributed by atoms with Gasteiger partial charge in [0.15, 0.2) is 0 Å². The third kappa shape index (κ3) is 5.38. The van der Waals surface area contributed by atoms with Crippen molar-refractivity contribution < 1.29 is 0 Å². The topological polar surface area (TPSA) is 0 Å². The van der Waals surface area contributed by atoms with Gasteiger partial charge in [-0.3, -0.25) is 0 Å². The maximum atomic E-state index is 2.58. The Kier molecular flexibility index (Phi) is 8.37. The normalized spacial score (nSPS) is 13.6. The van der Waals surface area contributed by atoms with Crippen LogP contribution >= 0.6 is 22.7 Å². The lowest BCUT2D eigenvalue weighted by Crippen LogP contribution is -2.25. The minimum atomic E-state index is 0.122. The van der Waals surface area contributed by atoms with Crippen molar-refractivity contribution in [1.82, 2.24) is 0 Å². The van der Waals surface area contributed by atoms with E-state index in [1.807, 2.05) is 22.7 Å². The molecule has 0 N–H and O–H groups in total. The van der Waals surface area contributed by atoms with Gasteiger partial charge >= 0.3 is 0 Å². The van der Waals surface area contributed by atoms with Crippen molar-refractivity contribution in [2.24, 2.45) is 0 Å². The summed E-state index contributed by atoms with van der Waals surface area (Å²) >= 11 is 3.85. The van der Waals surface area contributed by atoms with Gasteiger partial charge in [0, 0.05) is 24.9 Å². The number of unbranched alkanes of at least 4 members (excludes halogenated alkanes) is 6. The molecule has 2 heterocycles. The van der Waals surface area contributed by atoms with E-state index < -0.39 is 0 Å². The van der Waals surface area contributed by atoms with E-state index in [1.165, 1.54) is 106 Å². The van der Waals surface area contributed by atoms with Crippen LogP contribution in [0.3, 0.4) is 0 Å². The molecule has 0 saturated heterocycles. The molecule has 1 aliphatic carbocycles. The molecular weight excluding hydrogens is 485 g/mol.